The molecule has 3 rings (SSSR count). The maximum absolute atomic E-state index is 12.8. The third-order valence-corrected chi connectivity index (χ3v) is 6.22. The molecule has 0 aliphatic carbocycles. The fraction of sp³-hybridized carbons (Fsp3) is 0.250. The quantitative estimate of drug-likeness (QED) is 0.637. The highest BCUT2D eigenvalue weighted by Crippen LogP contribution is 2.44. The molecule has 2 aromatic heterocycles. The molecule has 1 aromatic carbocycles. The van der Waals surface area contributed by atoms with E-state index in [4.69, 9.17) is 8.94 Å². The smallest absolute Gasteiger partial charge is 0.265 e. The van der Waals surface area contributed by atoms with Crippen LogP contribution in [0.4, 0.5) is 8.78 Å². The third kappa shape index (κ3) is 2.97. The number of nitrogens with zero attached hydrogens (tertiary/aromatic N) is 2. The van der Waals surface area contributed by atoms with Crippen molar-refractivity contribution in [1.29, 1.82) is 0 Å². The minimum Gasteiger partial charge on any atom is -0.436 e. The topological polar surface area (TPSA) is 65.2 Å². The number of hydrogen-bond donors (Lipinski definition) is 0. The Morgan fingerprint density at radius 2 is 2.08 bits per heavy atom. The number of pyridine rings is 1. The lowest BCUT2D eigenvalue weighted by Crippen LogP contribution is -2.07. The molecular weight excluding hydrogens is 337 g/mol. The first-order valence-corrected chi connectivity index (χ1v) is 9.07. The summed E-state index contributed by atoms with van der Waals surface area (Å²) in [5.74, 6) is 0.181. The zero-order valence-electron chi connectivity index (χ0n) is 13.1. The Bertz CT molecular complexity index is 919. The second-order valence-corrected chi connectivity index (χ2v) is 8.01. The van der Waals surface area contributed by atoms with Crippen LogP contribution in [0.5, 0.6) is 0 Å². The summed E-state index contributed by atoms with van der Waals surface area (Å²) in [5.41, 5.74) is 1.10. The van der Waals surface area contributed by atoms with E-state index in [0.29, 0.717) is 28.1 Å². The standard InChI is InChI=1S/C16H15F2N2O3P/c1-3-24(21,22-2)12-4-5-14-13(7-12)20-16(23-14)11-6-10(15(17)18)8-19-9-11/h4-9,15H,3H2,1-2H3. The van der Waals surface area contributed by atoms with Gasteiger partial charge in [-0.2, -0.15) is 0 Å². The van der Waals surface area contributed by atoms with Gasteiger partial charge in [-0.25, -0.2) is 13.8 Å². The van der Waals surface area contributed by atoms with Gasteiger partial charge in [0, 0.05) is 36.5 Å². The maximum Gasteiger partial charge on any atom is 0.265 e. The first-order chi connectivity index (χ1) is 11.5. The molecule has 1 atom stereocenters. The minimum absolute atomic E-state index is 0.181. The van der Waals surface area contributed by atoms with Crippen molar-refractivity contribution in [2.24, 2.45) is 0 Å². The van der Waals surface area contributed by atoms with Gasteiger partial charge in [-0.1, -0.05) is 6.92 Å². The van der Waals surface area contributed by atoms with E-state index in [2.05, 4.69) is 9.97 Å². The van der Waals surface area contributed by atoms with Gasteiger partial charge < -0.3 is 8.94 Å². The van der Waals surface area contributed by atoms with E-state index < -0.39 is 13.8 Å². The van der Waals surface area contributed by atoms with E-state index in [9.17, 15) is 13.3 Å². The second kappa shape index (κ2) is 6.42. The first-order valence-electron chi connectivity index (χ1n) is 7.26. The molecule has 0 fully saturated rings. The molecule has 126 valence electrons. The summed E-state index contributed by atoms with van der Waals surface area (Å²) in [6.07, 6.45) is 0.250. The Labute approximate surface area is 137 Å². The van der Waals surface area contributed by atoms with Crippen LogP contribution >= 0.6 is 7.37 Å². The Morgan fingerprint density at radius 3 is 2.75 bits per heavy atom. The Kier molecular flexibility index (Phi) is 4.47. The van der Waals surface area contributed by atoms with E-state index in [1.807, 2.05) is 0 Å². The van der Waals surface area contributed by atoms with Crippen LogP contribution in [0.1, 0.15) is 18.9 Å². The molecule has 24 heavy (non-hydrogen) atoms. The van der Waals surface area contributed by atoms with Crippen LogP contribution < -0.4 is 5.30 Å². The van der Waals surface area contributed by atoms with Gasteiger partial charge in [-0.3, -0.25) is 9.55 Å². The van der Waals surface area contributed by atoms with Crippen molar-refractivity contribution in [2.75, 3.05) is 13.3 Å². The molecule has 0 aliphatic heterocycles. The highest BCUT2D eigenvalue weighted by Gasteiger charge is 2.23. The summed E-state index contributed by atoms with van der Waals surface area (Å²) in [7, 11) is -1.51. The van der Waals surface area contributed by atoms with Crippen molar-refractivity contribution >= 4 is 23.8 Å². The Morgan fingerprint density at radius 1 is 1.29 bits per heavy atom. The fourth-order valence-electron chi connectivity index (χ4n) is 2.36. The maximum atomic E-state index is 12.8. The summed E-state index contributed by atoms with van der Waals surface area (Å²) in [6.45, 7) is 1.78. The molecule has 0 aliphatic rings. The monoisotopic (exact) mass is 352 g/mol. The summed E-state index contributed by atoms with van der Waals surface area (Å²) in [4.78, 5) is 8.09. The van der Waals surface area contributed by atoms with Crippen molar-refractivity contribution in [1.82, 2.24) is 9.97 Å². The van der Waals surface area contributed by atoms with Crippen LogP contribution in [-0.4, -0.2) is 23.2 Å². The van der Waals surface area contributed by atoms with Gasteiger partial charge in [0.25, 0.3) is 6.43 Å². The molecular formula is C16H15F2N2O3P. The number of alkyl halides is 2. The molecule has 1 unspecified atom stereocenters. The lowest BCUT2D eigenvalue weighted by Gasteiger charge is -2.13. The van der Waals surface area contributed by atoms with Crippen molar-refractivity contribution in [3.63, 3.8) is 0 Å². The van der Waals surface area contributed by atoms with Crippen molar-refractivity contribution in [3.8, 4) is 11.5 Å². The molecule has 0 amide bonds. The minimum atomic E-state index is -2.91. The number of oxazole rings is 1. The molecule has 0 radical (unpaired) electrons. The number of hydrogen-bond acceptors (Lipinski definition) is 5. The van der Waals surface area contributed by atoms with E-state index in [1.165, 1.54) is 19.4 Å². The molecule has 0 bridgehead atoms. The predicted octanol–water partition coefficient (Wildman–Crippen LogP) is 4.40. The van der Waals surface area contributed by atoms with E-state index in [1.54, 1.807) is 25.1 Å². The second-order valence-electron chi connectivity index (χ2n) is 5.15. The summed E-state index contributed by atoms with van der Waals surface area (Å²) in [5, 5.41) is 0.541. The van der Waals surface area contributed by atoms with Gasteiger partial charge in [0.1, 0.15) is 5.52 Å². The summed E-state index contributed by atoms with van der Waals surface area (Å²) < 4.78 is 49.0. The van der Waals surface area contributed by atoms with Crippen LogP contribution in [0.3, 0.4) is 0 Å². The highest BCUT2D eigenvalue weighted by molar-refractivity contribution is 7.66. The van der Waals surface area contributed by atoms with Gasteiger partial charge in [-0.05, 0) is 24.3 Å². The number of aromatic nitrogens is 2. The largest absolute Gasteiger partial charge is 0.436 e. The van der Waals surface area contributed by atoms with Gasteiger partial charge in [0.15, 0.2) is 5.58 Å². The number of fused-ring (bicyclic) bond motifs is 1. The highest BCUT2D eigenvalue weighted by atomic mass is 31.2. The average molecular weight is 352 g/mol. The van der Waals surface area contributed by atoms with E-state index >= 15 is 0 Å². The van der Waals surface area contributed by atoms with Crippen LogP contribution in [0.25, 0.3) is 22.6 Å². The lowest BCUT2D eigenvalue weighted by molar-refractivity contribution is 0.151. The van der Waals surface area contributed by atoms with Crippen LogP contribution in [0, 0.1) is 0 Å². The van der Waals surface area contributed by atoms with Gasteiger partial charge >= 0.3 is 0 Å². The summed E-state index contributed by atoms with van der Waals surface area (Å²) >= 11 is 0. The fourth-order valence-corrected chi connectivity index (χ4v) is 3.82. The van der Waals surface area contributed by atoms with Gasteiger partial charge in [0.05, 0.1) is 5.56 Å². The zero-order valence-corrected chi connectivity index (χ0v) is 14.0. The molecule has 3 aromatic rings. The summed E-state index contributed by atoms with van der Waals surface area (Å²) in [6, 6.07) is 6.24. The number of halogens is 2. The SMILES string of the molecule is CCP(=O)(OC)c1ccc2oc(-c3cncc(C(F)F)c3)nc2c1. The van der Waals surface area contributed by atoms with E-state index in [0.717, 1.165) is 6.20 Å². The first kappa shape index (κ1) is 16.7. The van der Waals surface area contributed by atoms with Crippen molar-refractivity contribution in [2.45, 2.75) is 13.3 Å². The van der Waals surface area contributed by atoms with Crippen LogP contribution in [0.15, 0.2) is 41.1 Å². The molecule has 2 heterocycles. The normalized spacial score (nSPS) is 14.2. The molecule has 0 N–H and O–H groups in total. The average Bonchev–Trinajstić information content (AvgIpc) is 3.04. The van der Waals surface area contributed by atoms with Crippen molar-refractivity contribution in [3.05, 3.63) is 42.2 Å². The molecule has 8 heteroatoms. The van der Waals surface area contributed by atoms with Crippen molar-refractivity contribution < 1.29 is 22.3 Å². The lowest BCUT2D eigenvalue weighted by atomic mass is 10.2. The molecule has 0 spiro atoms. The Balaban J connectivity index is 2.06. The molecule has 5 nitrogen and oxygen atoms in total. The Hall–Kier alpha value is -2.11. The van der Waals surface area contributed by atoms with E-state index in [-0.39, 0.29) is 11.5 Å². The zero-order chi connectivity index (χ0) is 17.3. The third-order valence-electron chi connectivity index (χ3n) is 3.73. The van der Waals surface area contributed by atoms with Crippen LogP contribution in [-0.2, 0) is 9.09 Å². The predicted molar refractivity (Wildman–Crippen MR) is 87.0 cm³/mol. The molecule has 0 saturated heterocycles. The van der Waals surface area contributed by atoms with Gasteiger partial charge in [0.2, 0.25) is 13.3 Å². The number of rotatable bonds is 5. The van der Waals surface area contributed by atoms with Gasteiger partial charge in [-0.15, -0.1) is 0 Å². The van der Waals surface area contributed by atoms with Crippen LogP contribution in [0.2, 0.25) is 0 Å². The number of benzene rings is 1. The molecule has 0 saturated carbocycles.